The molecule has 0 saturated heterocycles. The maximum Gasteiger partial charge on any atom is 0.527 e. The standard InChI is InChI=1S/C2H3O.CH3O.Al.H/c1-2-3;1-2;;/h1H3;1H3;;/q;-1;+1;. The van der Waals surface area contributed by atoms with E-state index >= 15 is 0 Å². The summed E-state index contributed by atoms with van der Waals surface area (Å²) in [4.78, 5) is 9.98. The van der Waals surface area contributed by atoms with E-state index in [4.69, 9.17) is 0 Å². The van der Waals surface area contributed by atoms with Crippen LogP contribution in [0.3, 0.4) is 0 Å². The van der Waals surface area contributed by atoms with Crippen molar-refractivity contribution in [2.75, 3.05) is 7.11 Å². The smallest absolute Gasteiger partial charge is 0.501 e. The Kier molecular flexibility index (Phi) is 3.45. The van der Waals surface area contributed by atoms with E-state index in [0.717, 1.165) is 0 Å². The molecule has 0 aliphatic rings. The van der Waals surface area contributed by atoms with E-state index in [2.05, 4.69) is 3.79 Å². The quantitative estimate of drug-likeness (QED) is 0.440. The fourth-order valence-corrected chi connectivity index (χ4v) is 0.610. The number of carbonyl (C=O) groups excluding carboxylic acids is 1. The van der Waals surface area contributed by atoms with Crippen LogP contribution < -0.4 is 0 Å². The van der Waals surface area contributed by atoms with Gasteiger partial charge >= 0.3 is 15.6 Å². The molecule has 0 spiro atoms. The summed E-state index contributed by atoms with van der Waals surface area (Å²) in [5, 5.41) is 0. The van der Waals surface area contributed by atoms with Crippen molar-refractivity contribution in [3.05, 3.63) is 0 Å². The highest BCUT2D eigenvalue weighted by molar-refractivity contribution is 6.68. The molecular formula is C3H7AlO2. The molecule has 0 amide bonds. The molecule has 6 heavy (non-hydrogen) atoms. The van der Waals surface area contributed by atoms with Gasteiger partial charge in [0.1, 0.15) is 0 Å². The minimum atomic E-state index is -0.782. The minimum absolute atomic E-state index is 0.206. The highest BCUT2D eigenvalue weighted by Gasteiger charge is 1.94. The van der Waals surface area contributed by atoms with Gasteiger partial charge in [0.2, 0.25) is 0 Å². The molecule has 0 aliphatic carbocycles. The van der Waals surface area contributed by atoms with Gasteiger partial charge in [-0.05, 0) is 6.92 Å². The Morgan fingerprint density at radius 2 is 2.33 bits per heavy atom. The molecule has 0 radical (unpaired) electrons. The third-order valence-electron chi connectivity index (χ3n) is 0.348. The van der Waals surface area contributed by atoms with Gasteiger partial charge in [-0.15, -0.1) is 0 Å². The van der Waals surface area contributed by atoms with Crippen LogP contribution in [0.25, 0.3) is 0 Å². The first-order valence-electron chi connectivity index (χ1n) is 1.75. The molecule has 0 fully saturated rings. The summed E-state index contributed by atoms with van der Waals surface area (Å²) < 4.78 is 4.80. The minimum Gasteiger partial charge on any atom is -0.501 e. The number of hydrogen-bond acceptors (Lipinski definition) is 2. The lowest BCUT2D eigenvalue weighted by molar-refractivity contribution is -0.110. The molecule has 0 aliphatic heterocycles. The second kappa shape index (κ2) is 3.36. The zero-order valence-corrected chi connectivity index (χ0v) is 5.44. The van der Waals surface area contributed by atoms with Crippen molar-refractivity contribution in [2.24, 2.45) is 0 Å². The Bertz CT molecular complexity index is 52.8. The van der Waals surface area contributed by atoms with Crippen molar-refractivity contribution in [3.63, 3.8) is 0 Å². The van der Waals surface area contributed by atoms with E-state index in [0.29, 0.717) is 0 Å². The van der Waals surface area contributed by atoms with Gasteiger partial charge < -0.3 is 8.58 Å². The van der Waals surface area contributed by atoms with E-state index in [1.165, 1.54) is 0 Å². The molecule has 0 atom stereocenters. The predicted octanol–water partition coefficient (Wildman–Crippen LogP) is -0.469. The third kappa shape index (κ3) is 4.16. The first-order chi connectivity index (χ1) is 2.77. The van der Waals surface area contributed by atoms with Gasteiger partial charge in [0.05, 0.1) is 4.65 Å². The van der Waals surface area contributed by atoms with Crippen LogP contribution in [0.15, 0.2) is 0 Å². The average Bonchev–Trinajstić information content (AvgIpc) is 1.35. The largest absolute Gasteiger partial charge is 0.527 e. The Hall–Kier alpha value is 0.162. The van der Waals surface area contributed by atoms with Crippen molar-refractivity contribution >= 4 is 20.2 Å². The van der Waals surface area contributed by atoms with Gasteiger partial charge in [-0.3, -0.25) is 0 Å². The summed E-state index contributed by atoms with van der Waals surface area (Å²) in [6.07, 6.45) is 0. The molecule has 2 nitrogen and oxygen atoms in total. The van der Waals surface area contributed by atoms with Crippen LogP contribution in [0, 0.1) is 0 Å². The van der Waals surface area contributed by atoms with Crippen molar-refractivity contribution in [3.8, 4) is 0 Å². The fourth-order valence-electron chi connectivity index (χ4n) is 0.203. The van der Waals surface area contributed by atoms with Gasteiger partial charge in [0.15, 0.2) is 0 Å². The maximum atomic E-state index is 9.98. The summed E-state index contributed by atoms with van der Waals surface area (Å²) in [6.45, 7) is 1.55. The summed E-state index contributed by atoms with van der Waals surface area (Å²) >= 11 is -0.782. The Labute approximate surface area is 43.5 Å². The fraction of sp³-hybridized carbons (Fsp3) is 0.667. The monoisotopic (exact) mass is 102 g/mol. The zero-order chi connectivity index (χ0) is 4.99. The maximum absolute atomic E-state index is 9.98. The highest BCUT2D eigenvalue weighted by atomic mass is 27.1. The second-order valence-electron chi connectivity index (χ2n) is 1.14. The molecule has 0 aromatic heterocycles. The first kappa shape index (κ1) is 6.16. The molecule has 0 rings (SSSR count). The van der Waals surface area contributed by atoms with E-state index in [9.17, 15) is 4.79 Å². The van der Waals surface area contributed by atoms with Crippen molar-refractivity contribution in [2.45, 2.75) is 6.92 Å². The van der Waals surface area contributed by atoms with Crippen molar-refractivity contribution in [1.29, 1.82) is 0 Å². The lowest BCUT2D eigenvalue weighted by atomic mass is 10.9. The number of hydrogen-bond donors (Lipinski definition) is 0. The van der Waals surface area contributed by atoms with Crippen LogP contribution in [0.5, 0.6) is 0 Å². The van der Waals surface area contributed by atoms with E-state index < -0.39 is 15.6 Å². The van der Waals surface area contributed by atoms with Crippen LogP contribution in [0.1, 0.15) is 6.92 Å². The molecule has 0 N–H and O–H groups in total. The molecule has 0 heterocycles. The van der Waals surface area contributed by atoms with Gasteiger partial charge in [-0.1, -0.05) is 0 Å². The van der Waals surface area contributed by atoms with Crippen LogP contribution in [0.2, 0.25) is 0 Å². The molecule has 3 heteroatoms. The summed E-state index contributed by atoms with van der Waals surface area (Å²) in [6, 6.07) is 0. The number of rotatable bonds is 2. The predicted molar refractivity (Wildman–Crippen MR) is 24.8 cm³/mol. The molecule has 0 bridgehead atoms. The summed E-state index contributed by atoms with van der Waals surface area (Å²) in [5.74, 6) is 0. The van der Waals surface area contributed by atoms with Crippen LogP contribution in [-0.2, 0) is 8.58 Å². The lowest BCUT2D eigenvalue weighted by Gasteiger charge is -1.81. The summed E-state index contributed by atoms with van der Waals surface area (Å²) in [5.41, 5.74) is 0. The third-order valence-corrected chi connectivity index (χ3v) is 1.04. The lowest BCUT2D eigenvalue weighted by Crippen LogP contribution is -2.04. The van der Waals surface area contributed by atoms with Gasteiger partial charge in [0, 0.05) is 7.11 Å². The first-order valence-corrected chi connectivity index (χ1v) is 3.04. The molecule has 0 saturated carbocycles. The van der Waals surface area contributed by atoms with Gasteiger partial charge in [-0.25, -0.2) is 0 Å². The van der Waals surface area contributed by atoms with E-state index in [1.54, 1.807) is 14.0 Å². The second-order valence-corrected chi connectivity index (χ2v) is 3.00. The Morgan fingerprint density at radius 3 is 2.33 bits per heavy atom. The zero-order valence-electron chi connectivity index (χ0n) is 4.02. The number of carbonyl (C=O) groups is 1. The highest BCUT2D eigenvalue weighted by Crippen LogP contribution is 1.61. The Morgan fingerprint density at radius 1 is 1.83 bits per heavy atom. The molecule has 0 aromatic rings. The van der Waals surface area contributed by atoms with Gasteiger partial charge in [-0.2, -0.15) is 0 Å². The normalized spacial score (nSPS) is 7.67. The van der Waals surface area contributed by atoms with E-state index in [1.807, 2.05) is 0 Å². The molecular weight excluding hydrogens is 95.0 g/mol. The topological polar surface area (TPSA) is 26.3 Å². The summed E-state index contributed by atoms with van der Waals surface area (Å²) in [7, 11) is 1.56. The average molecular weight is 102 g/mol. The SMILES string of the molecule is C[O][AlH][C](C)=O. The molecule has 0 unspecified atom stereocenters. The Balaban J connectivity index is 2.83. The molecule has 0 aromatic carbocycles. The van der Waals surface area contributed by atoms with E-state index in [-0.39, 0.29) is 4.65 Å². The van der Waals surface area contributed by atoms with Crippen LogP contribution in [0.4, 0.5) is 0 Å². The van der Waals surface area contributed by atoms with Crippen molar-refractivity contribution < 1.29 is 8.58 Å². The van der Waals surface area contributed by atoms with Crippen molar-refractivity contribution in [1.82, 2.24) is 0 Å². The molecule has 34 valence electrons. The van der Waals surface area contributed by atoms with Gasteiger partial charge in [0.25, 0.3) is 0 Å². The van der Waals surface area contributed by atoms with Crippen LogP contribution >= 0.6 is 0 Å². The van der Waals surface area contributed by atoms with Crippen LogP contribution in [-0.4, -0.2) is 27.3 Å².